The molecule has 2 heteroatoms. The molecule has 0 radical (unpaired) electrons. The maximum atomic E-state index is 11.8. The molecule has 0 amide bonds. The van der Waals surface area contributed by atoms with E-state index in [-0.39, 0.29) is 0 Å². The van der Waals surface area contributed by atoms with Crippen molar-refractivity contribution in [3.05, 3.63) is 0 Å². The smallest absolute Gasteiger partial charge is 0.133 e. The molecule has 2 nitrogen and oxygen atoms in total. The quantitative estimate of drug-likeness (QED) is 0.714. The van der Waals surface area contributed by atoms with Crippen molar-refractivity contribution in [2.45, 2.75) is 70.3 Å². The van der Waals surface area contributed by atoms with Gasteiger partial charge in [0.1, 0.15) is 5.78 Å². The summed E-state index contributed by atoms with van der Waals surface area (Å²) < 4.78 is 5.54. The van der Waals surface area contributed by atoms with Gasteiger partial charge in [0, 0.05) is 19.4 Å². The average molecular weight is 224 g/mol. The first kappa shape index (κ1) is 12.1. The van der Waals surface area contributed by atoms with Crippen molar-refractivity contribution in [3.8, 4) is 0 Å². The molecule has 0 aromatic carbocycles. The largest absolute Gasteiger partial charge is 0.378 e. The number of hydrogen-bond acceptors (Lipinski definition) is 2. The summed E-state index contributed by atoms with van der Waals surface area (Å²) >= 11 is 0. The molecule has 1 aliphatic carbocycles. The van der Waals surface area contributed by atoms with Crippen LogP contribution < -0.4 is 0 Å². The molecule has 2 rings (SSSR count). The van der Waals surface area contributed by atoms with Gasteiger partial charge in [-0.15, -0.1) is 0 Å². The zero-order chi connectivity index (χ0) is 11.2. The molecule has 0 bridgehead atoms. The third kappa shape index (κ3) is 3.89. The Balaban J connectivity index is 1.59. The number of ketones is 1. The fourth-order valence-electron chi connectivity index (χ4n) is 3.01. The maximum absolute atomic E-state index is 11.8. The van der Waals surface area contributed by atoms with Crippen molar-refractivity contribution < 1.29 is 9.53 Å². The van der Waals surface area contributed by atoms with Crippen LogP contribution in [-0.2, 0) is 9.53 Å². The Kier molecular flexibility index (Phi) is 4.83. The van der Waals surface area contributed by atoms with E-state index in [1.165, 1.54) is 38.5 Å². The van der Waals surface area contributed by atoms with E-state index in [1.807, 2.05) is 0 Å². The number of carbonyl (C=O) groups excluding carboxylic acids is 1. The van der Waals surface area contributed by atoms with Gasteiger partial charge in [-0.2, -0.15) is 0 Å². The van der Waals surface area contributed by atoms with E-state index >= 15 is 0 Å². The van der Waals surface area contributed by atoms with Gasteiger partial charge in [-0.05, 0) is 25.2 Å². The van der Waals surface area contributed by atoms with Crippen molar-refractivity contribution in [2.24, 2.45) is 5.92 Å². The SMILES string of the molecule is O=C(CCC1CCCO1)CC1CCCCC1. The monoisotopic (exact) mass is 224 g/mol. The minimum absolute atomic E-state index is 0.385. The Morgan fingerprint density at radius 2 is 1.88 bits per heavy atom. The molecular weight excluding hydrogens is 200 g/mol. The van der Waals surface area contributed by atoms with Crippen LogP contribution in [-0.4, -0.2) is 18.5 Å². The normalized spacial score (nSPS) is 27.1. The minimum atomic E-state index is 0.385. The van der Waals surface area contributed by atoms with Crippen LogP contribution in [0.15, 0.2) is 0 Å². The second kappa shape index (κ2) is 6.39. The van der Waals surface area contributed by atoms with E-state index in [0.29, 0.717) is 17.8 Å². The highest BCUT2D eigenvalue weighted by atomic mass is 16.5. The Labute approximate surface area is 98.7 Å². The second-order valence-corrected chi connectivity index (χ2v) is 5.42. The van der Waals surface area contributed by atoms with Gasteiger partial charge >= 0.3 is 0 Å². The Bertz CT molecular complexity index is 213. The highest BCUT2D eigenvalue weighted by molar-refractivity contribution is 5.78. The van der Waals surface area contributed by atoms with E-state index in [2.05, 4.69) is 0 Å². The molecule has 0 aromatic heterocycles. The lowest BCUT2D eigenvalue weighted by Crippen LogP contribution is -2.14. The predicted molar refractivity (Wildman–Crippen MR) is 64.4 cm³/mol. The Morgan fingerprint density at radius 1 is 1.06 bits per heavy atom. The van der Waals surface area contributed by atoms with Crippen molar-refractivity contribution in [1.82, 2.24) is 0 Å². The zero-order valence-electron chi connectivity index (χ0n) is 10.2. The third-order valence-corrected chi connectivity index (χ3v) is 4.01. The molecule has 0 aromatic rings. The summed E-state index contributed by atoms with van der Waals surface area (Å²) in [7, 11) is 0. The van der Waals surface area contributed by atoms with E-state index in [0.717, 1.165) is 32.3 Å². The van der Waals surface area contributed by atoms with E-state index in [1.54, 1.807) is 0 Å². The van der Waals surface area contributed by atoms with Crippen LogP contribution in [0.1, 0.15) is 64.2 Å². The number of Topliss-reactive ketones (excluding diaryl/α,β-unsaturated/α-hetero) is 1. The number of ether oxygens (including phenoxy) is 1. The van der Waals surface area contributed by atoms with Gasteiger partial charge in [-0.25, -0.2) is 0 Å². The Morgan fingerprint density at radius 3 is 2.56 bits per heavy atom. The molecule has 1 saturated carbocycles. The van der Waals surface area contributed by atoms with Gasteiger partial charge in [-0.3, -0.25) is 4.79 Å². The van der Waals surface area contributed by atoms with Crippen LogP contribution in [0, 0.1) is 5.92 Å². The molecular formula is C14H24O2. The molecule has 0 N–H and O–H groups in total. The highest BCUT2D eigenvalue weighted by Gasteiger charge is 2.19. The molecule has 1 saturated heterocycles. The topological polar surface area (TPSA) is 26.3 Å². The van der Waals surface area contributed by atoms with Gasteiger partial charge in [0.05, 0.1) is 6.10 Å². The summed E-state index contributed by atoms with van der Waals surface area (Å²) in [6.07, 6.45) is 11.9. The zero-order valence-corrected chi connectivity index (χ0v) is 10.2. The highest BCUT2D eigenvalue weighted by Crippen LogP contribution is 2.27. The fourth-order valence-corrected chi connectivity index (χ4v) is 3.01. The number of hydrogen-bond donors (Lipinski definition) is 0. The summed E-state index contributed by atoms with van der Waals surface area (Å²) in [5, 5.41) is 0. The molecule has 16 heavy (non-hydrogen) atoms. The van der Waals surface area contributed by atoms with E-state index < -0.39 is 0 Å². The first-order valence-corrected chi connectivity index (χ1v) is 6.98. The molecule has 1 unspecified atom stereocenters. The second-order valence-electron chi connectivity index (χ2n) is 5.42. The summed E-state index contributed by atoms with van der Waals surface area (Å²) in [6.45, 7) is 0.904. The number of carbonyl (C=O) groups is 1. The van der Waals surface area contributed by atoms with Gasteiger partial charge < -0.3 is 4.74 Å². The lowest BCUT2D eigenvalue weighted by Gasteiger charge is -2.20. The van der Waals surface area contributed by atoms with Crippen LogP contribution in [0.25, 0.3) is 0 Å². The molecule has 0 spiro atoms. The van der Waals surface area contributed by atoms with Crippen molar-refractivity contribution in [1.29, 1.82) is 0 Å². The van der Waals surface area contributed by atoms with Gasteiger partial charge in [0.25, 0.3) is 0 Å². The first-order valence-electron chi connectivity index (χ1n) is 6.98. The fraction of sp³-hybridized carbons (Fsp3) is 0.929. The molecule has 1 atom stereocenters. The van der Waals surface area contributed by atoms with E-state index in [4.69, 9.17) is 4.74 Å². The van der Waals surface area contributed by atoms with Crippen LogP contribution in [0.5, 0.6) is 0 Å². The standard InChI is InChI=1S/C14H24O2/c15-13(8-9-14-7-4-10-16-14)11-12-5-2-1-3-6-12/h12,14H,1-11H2. The van der Waals surface area contributed by atoms with Crippen LogP contribution >= 0.6 is 0 Å². The minimum Gasteiger partial charge on any atom is -0.378 e. The van der Waals surface area contributed by atoms with E-state index in [9.17, 15) is 4.79 Å². The molecule has 2 fully saturated rings. The molecule has 92 valence electrons. The van der Waals surface area contributed by atoms with Crippen LogP contribution in [0.3, 0.4) is 0 Å². The van der Waals surface area contributed by atoms with Crippen molar-refractivity contribution in [3.63, 3.8) is 0 Å². The van der Waals surface area contributed by atoms with Crippen LogP contribution in [0.4, 0.5) is 0 Å². The summed E-state index contributed by atoms with van der Waals surface area (Å²) in [4.78, 5) is 11.8. The molecule has 1 heterocycles. The Hall–Kier alpha value is -0.370. The molecule has 1 aliphatic heterocycles. The van der Waals surface area contributed by atoms with Crippen molar-refractivity contribution in [2.75, 3.05) is 6.61 Å². The third-order valence-electron chi connectivity index (χ3n) is 4.01. The lowest BCUT2D eigenvalue weighted by atomic mass is 9.85. The maximum Gasteiger partial charge on any atom is 0.133 e. The lowest BCUT2D eigenvalue weighted by molar-refractivity contribution is -0.120. The summed E-state index contributed by atoms with van der Waals surface area (Å²) in [6, 6.07) is 0. The summed E-state index contributed by atoms with van der Waals surface area (Å²) in [5.74, 6) is 1.17. The average Bonchev–Trinajstić information content (AvgIpc) is 2.81. The summed E-state index contributed by atoms with van der Waals surface area (Å²) in [5.41, 5.74) is 0. The van der Waals surface area contributed by atoms with Gasteiger partial charge in [0.2, 0.25) is 0 Å². The molecule has 2 aliphatic rings. The van der Waals surface area contributed by atoms with Crippen LogP contribution in [0.2, 0.25) is 0 Å². The van der Waals surface area contributed by atoms with Crippen molar-refractivity contribution >= 4 is 5.78 Å². The first-order chi connectivity index (χ1) is 7.84. The predicted octanol–water partition coefficient (Wildman–Crippen LogP) is 3.49. The van der Waals surface area contributed by atoms with Gasteiger partial charge in [0.15, 0.2) is 0 Å². The van der Waals surface area contributed by atoms with Gasteiger partial charge in [-0.1, -0.05) is 32.1 Å². The number of rotatable bonds is 5.